The quantitative estimate of drug-likeness (QED) is 0.824. The van der Waals surface area contributed by atoms with E-state index in [0.717, 1.165) is 5.56 Å². The highest BCUT2D eigenvalue weighted by molar-refractivity contribution is 7.85. The molecule has 1 atom stereocenters. The topological polar surface area (TPSA) is 66.5 Å². The lowest BCUT2D eigenvalue weighted by atomic mass is 10.2. The van der Waals surface area contributed by atoms with Gasteiger partial charge < -0.3 is 10.2 Å². The fourth-order valence-electron chi connectivity index (χ4n) is 1.76. The highest BCUT2D eigenvalue weighted by Crippen LogP contribution is 2.22. The summed E-state index contributed by atoms with van der Waals surface area (Å²) in [6.07, 6.45) is 0.848. The Balaban J connectivity index is 2.40. The van der Waals surface area contributed by atoms with E-state index in [1.54, 1.807) is 32.3 Å². The molecule has 1 rings (SSSR count). The molecule has 0 spiro atoms. The molecule has 0 saturated heterocycles. The van der Waals surface area contributed by atoms with Gasteiger partial charge in [-0.3, -0.25) is 13.8 Å². The van der Waals surface area contributed by atoms with E-state index >= 15 is 0 Å². The number of halogens is 1. The Morgan fingerprint density at radius 2 is 2.00 bits per heavy atom. The van der Waals surface area contributed by atoms with Crippen LogP contribution in [0.4, 0.5) is 5.69 Å². The molecule has 1 aromatic rings. The number of nitrogens with one attached hydrogen (secondary N) is 1. The summed E-state index contributed by atoms with van der Waals surface area (Å²) in [7, 11) is 2.08. The molecule has 0 bridgehead atoms. The molecule has 0 radical (unpaired) electrons. The first-order valence-corrected chi connectivity index (χ1v) is 8.78. The molecule has 7 heteroatoms. The molecule has 0 saturated carbocycles. The zero-order valence-electron chi connectivity index (χ0n) is 13.0. The van der Waals surface area contributed by atoms with Gasteiger partial charge in [0.2, 0.25) is 11.8 Å². The predicted octanol–water partition coefficient (Wildman–Crippen LogP) is 2.20. The van der Waals surface area contributed by atoms with Gasteiger partial charge in [-0.25, -0.2) is 0 Å². The van der Waals surface area contributed by atoms with Crippen LogP contribution in [0.25, 0.3) is 0 Å². The number of hydrogen-bond acceptors (Lipinski definition) is 3. The van der Waals surface area contributed by atoms with E-state index in [9.17, 15) is 13.8 Å². The Kier molecular flexibility index (Phi) is 7.55. The Labute approximate surface area is 138 Å². The van der Waals surface area contributed by atoms with E-state index in [1.807, 2.05) is 6.92 Å². The van der Waals surface area contributed by atoms with Gasteiger partial charge in [0.05, 0.1) is 0 Å². The van der Waals surface area contributed by atoms with Crippen molar-refractivity contribution in [2.75, 3.05) is 30.9 Å². The molecule has 1 aromatic carbocycles. The second-order valence-electron chi connectivity index (χ2n) is 5.14. The van der Waals surface area contributed by atoms with Gasteiger partial charge in [-0.15, -0.1) is 0 Å². The normalized spacial score (nSPS) is 11.8. The standard InChI is InChI=1S/C15H21ClN2O3S/c1-11-12(16)6-4-7-13(11)17-14(19)10-22(21)9-5-8-15(20)18(2)3/h4,6-7H,5,8-10H2,1-3H3,(H,17,19). The van der Waals surface area contributed by atoms with Gasteiger partial charge in [0.1, 0.15) is 5.75 Å². The first kappa shape index (κ1) is 18.6. The van der Waals surface area contributed by atoms with Gasteiger partial charge in [0.25, 0.3) is 0 Å². The van der Waals surface area contributed by atoms with Crippen molar-refractivity contribution in [3.63, 3.8) is 0 Å². The first-order valence-electron chi connectivity index (χ1n) is 6.91. The second kappa shape index (κ2) is 8.90. The number of benzene rings is 1. The summed E-state index contributed by atoms with van der Waals surface area (Å²) in [5, 5.41) is 3.28. The van der Waals surface area contributed by atoms with Crippen LogP contribution in [0.3, 0.4) is 0 Å². The molecule has 122 valence electrons. The van der Waals surface area contributed by atoms with E-state index in [4.69, 9.17) is 11.6 Å². The van der Waals surface area contributed by atoms with Gasteiger partial charge in [-0.2, -0.15) is 0 Å². The van der Waals surface area contributed by atoms with E-state index in [0.29, 0.717) is 29.3 Å². The Morgan fingerprint density at radius 1 is 1.32 bits per heavy atom. The molecule has 1 N–H and O–H groups in total. The Bertz CT molecular complexity index is 576. The van der Waals surface area contributed by atoms with Crippen molar-refractivity contribution in [2.45, 2.75) is 19.8 Å². The molecule has 0 heterocycles. The summed E-state index contributed by atoms with van der Waals surface area (Å²) in [4.78, 5) is 24.8. The van der Waals surface area contributed by atoms with Crippen molar-refractivity contribution < 1.29 is 13.8 Å². The molecule has 0 aliphatic heterocycles. The average molecular weight is 345 g/mol. The molecule has 0 aromatic heterocycles. The average Bonchev–Trinajstić information content (AvgIpc) is 2.43. The van der Waals surface area contributed by atoms with E-state index in [-0.39, 0.29) is 17.6 Å². The summed E-state index contributed by atoms with van der Waals surface area (Å²) in [6.45, 7) is 1.81. The fourth-order valence-corrected chi connectivity index (χ4v) is 2.91. The SMILES string of the molecule is Cc1c(Cl)cccc1NC(=O)CS(=O)CCCC(=O)N(C)C. The highest BCUT2D eigenvalue weighted by Gasteiger charge is 2.11. The zero-order chi connectivity index (χ0) is 16.7. The molecule has 0 aliphatic rings. The van der Waals surface area contributed by atoms with Crippen LogP contribution >= 0.6 is 11.6 Å². The fraction of sp³-hybridized carbons (Fsp3) is 0.467. The molecular weight excluding hydrogens is 324 g/mol. The summed E-state index contributed by atoms with van der Waals surface area (Å²) < 4.78 is 11.8. The predicted molar refractivity (Wildman–Crippen MR) is 90.6 cm³/mol. The van der Waals surface area contributed by atoms with E-state index in [2.05, 4.69) is 5.32 Å². The lowest BCUT2D eigenvalue weighted by Crippen LogP contribution is -2.23. The van der Waals surface area contributed by atoms with E-state index < -0.39 is 10.8 Å². The maximum atomic E-state index is 11.9. The Hall–Kier alpha value is -1.40. The number of nitrogens with zero attached hydrogens (tertiary/aromatic N) is 1. The van der Waals surface area contributed by atoms with Crippen molar-refractivity contribution in [3.05, 3.63) is 28.8 Å². The van der Waals surface area contributed by atoms with Gasteiger partial charge in [0.15, 0.2) is 0 Å². The summed E-state index contributed by atoms with van der Waals surface area (Å²) in [5.41, 5.74) is 1.40. The Morgan fingerprint density at radius 3 is 2.64 bits per heavy atom. The maximum Gasteiger partial charge on any atom is 0.236 e. The van der Waals surface area contributed by atoms with Crippen LogP contribution in [-0.4, -0.2) is 46.5 Å². The lowest BCUT2D eigenvalue weighted by Gasteiger charge is -2.10. The monoisotopic (exact) mass is 344 g/mol. The minimum Gasteiger partial charge on any atom is -0.349 e. The molecule has 0 aliphatic carbocycles. The highest BCUT2D eigenvalue weighted by atomic mass is 35.5. The molecular formula is C15H21ClN2O3S. The minimum atomic E-state index is -1.28. The van der Waals surface area contributed by atoms with Crippen LogP contribution in [0, 0.1) is 6.92 Å². The van der Waals surface area contributed by atoms with E-state index in [1.165, 1.54) is 4.90 Å². The molecule has 0 fully saturated rings. The van der Waals surface area contributed by atoms with Gasteiger partial charge >= 0.3 is 0 Å². The summed E-state index contributed by atoms with van der Waals surface area (Å²) in [5.74, 6) is -0.0671. The van der Waals surface area contributed by atoms with Gasteiger partial charge in [-0.1, -0.05) is 17.7 Å². The number of carbonyl (C=O) groups excluding carboxylic acids is 2. The van der Waals surface area contributed by atoms with Crippen LogP contribution < -0.4 is 5.32 Å². The molecule has 5 nitrogen and oxygen atoms in total. The van der Waals surface area contributed by atoms with Gasteiger partial charge in [-0.05, 0) is 31.0 Å². The summed E-state index contributed by atoms with van der Waals surface area (Å²) in [6, 6.07) is 5.24. The van der Waals surface area contributed by atoms with Crippen LogP contribution in [-0.2, 0) is 20.4 Å². The van der Waals surface area contributed by atoms with Crippen molar-refractivity contribution in [1.82, 2.24) is 4.90 Å². The third kappa shape index (κ3) is 6.15. The van der Waals surface area contributed by atoms with Crippen LogP contribution in [0.5, 0.6) is 0 Å². The van der Waals surface area contributed by atoms with Crippen molar-refractivity contribution in [2.24, 2.45) is 0 Å². The van der Waals surface area contributed by atoms with Crippen molar-refractivity contribution in [1.29, 1.82) is 0 Å². The maximum absolute atomic E-state index is 11.9. The van der Waals surface area contributed by atoms with Crippen LogP contribution in [0.1, 0.15) is 18.4 Å². The van der Waals surface area contributed by atoms with Crippen molar-refractivity contribution in [3.8, 4) is 0 Å². The summed E-state index contributed by atoms with van der Waals surface area (Å²) >= 11 is 5.98. The number of anilines is 1. The smallest absolute Gasteiger partial charge is 0.236 e. The number of amides is 2. The first-order chi connectivity index (χ1) is 10.3. The van der Waals surface area contributed by atoms with Crippen LogP contribution in [0.2, 0.25) is 5.02 Å². The molecule has 22 heavy (non-hydrogen) atoms. The minimum absolute atomic E-state index is 0.00370. The van der Waals surface area contributed by atoms with Gasteiger partial charge in [0, 0.05) is 47.8 Å². The lowest BCUT2D eigenvalue weighted by molar-refractivity contribution is -0.128. The third-order valence-corrected chi connectivity index (χ3v) is 4.83. The largest absolute Gasteiger partial charge is 0.349 e. The molecule has 2 amide bonds. The number of hydrogen-bond donors (Lipinski definition) is 1. The number of rotatable bonds is 7. The van der Waals surface area contributed by atoms with Crippen LogP contribution in [0.15, 0.2) is 18.2 Å². The third-order valence-electron chi connectivity index (χ3n) is 3.10. The zero-order valence-corrected chi connectivity index (χ0v) is 14.6. The number of carbonyl (C=O) groups is 2. The second-order valence-corrected chi connectivity index (χ2v) is 7.12. The van der Waals surface area contributed by atoms with Crippen molar-refractivity contribution >= 4 is 39.9 Å². The molecule has 1 unspecified atom stereocenters.